The minimum Gasteiger partial charge on any atom is -0.488 e. The Bertz CT molecular complexity index is 1020. The number of halogens is 3. The molecule has 0 aliphatic heterocycles. The van der Waals surface area contributed by atoms with Crippen LogP contribution in [0, 0.1) is 23.0 Å². The molecule has 3 aromatic carbocycles. The van der Waals surface area contributed by atoms with Crippen LogP contribution >= 0.6 is 15.9 Å². The maximum atomic E-state index is 14.0. The molecule has 3 aromatic rings. The molecule has 0 saturated heterocycles. The molecule has 134 valence electrons. The summed E-state index contributed by atoms with van der Waals surface area (Å²) in [4.78, 5) is 0. The molecule has 0 spiro atoms. The fraction of sp³-hybridized carbons (Fsp3) is 0.0455. The molecule has 0 fully saturated rings. The van der Waals surface area contributed by atoms with Crippen molar-refractivity contribution in [3.8, 4) is 11.8 Å². The first kappa shape index (κ1) is 18.8. The number of nitriles is 1. The zero-order chi connectivity index (χ0) is 19.2. The zero-order valence-electron chi connectivity index (χ0n) is 14.1. The monoisotopic (exact) mass is 425 g/mol. The Morgan fingerprint density at radius 2 is 1.78 bits per heavy atom. The summed E-state index contributed by atoms with van der Waals surface area (Å²) < 4.78 is 33.7. The predicted molar refractivity (Wildman–Crippen MR) is 105 cm³/mol. The van der Waals surface area contributed by atoms with Gasteiger partial charge in [0.05, 0.1) is 11.6 Å². The molecule has 0 radical (unpaired) electrons. The summed E-state index contributed by atoms with van der Waals surface area (Å²) in [6, 6.07) is 19.5. The summed E-state index contributed by atoms with van der Waals surface area (Å²) in [7, 11) is 0. The largest absolute Gasteiger partial charge is 0.488 e. The number of nitrogens with zero attached hydrogens (tertiary/aromatic N) is 1. The normalized spacial score (nSPS) is 11.1. The van der Waals surface area contributed by atoms with Crippen molar-refractivity contribution >= 4 is 27.6 Å². The highest BCUT2D eigenvalue weighted by atomic mass is 79.9. The van der Waals surface area contributed by atoms with E-state index in [0.717, 1.165) is 10.0 Å². The van der Waals surface area contributed by atoms with E-state index in [2.05, 4.69) is 15.9 Å². The highest BCUT2D eigenvalue weighted by Crippen LogP contribution is 2.29. The van der Waals surface area contributed by atoms with Gasteiger partial charge in [-0.15, -0.1) is 0 Å². The van der Waals surface area contributed by atoms with E-state index < -0.39 is 5.82 Å². The third-order valence-corrected chi connectivity index (χ3v) is 4.36. The Morgan fingerprint density at radius 1 is 1.04 bits per heavy atom. The maximum Gasteiger partial charge on any atom is 0.131 e. The molecule has 0 aromatic heterocycles. The van der Waals surface area contributed by atoms with Gasteiger partial charge in [0.15, 0.2) is 0 Å². The minimum absolute atomic E-state index is 0.192. The summed E-state index contributed by atoms with van der Waals surface area (Å²) in [5.74, 6) is -0.241. The molecule has 0 atom stereocenters. The van der Waals surface area contributed by atoms with E-state index in [1.54, 1.807) is 48.5 Å². The molecule has 2 nitrogen and oxygen atoms in total. The van der Waals surface area contributed by atoms with Gasteiger partial charge in [0.2, 0.25) is 0 Å². The van der Waals surface area contributed by atoms with Crippen molar-refractivity contribution in [2.24, 2.45) is 0 Å². The van der Waals surface area contributed by atoms with Crippen molar-refractivity contribution in [1.29, 1.82) is 5.26 Å². The third-order valence-electron chi connectivity index (χ3n) is 3.86. The van der Waals surface area contributed by atoms with E-state index in [4.69, 9.17) is 4.74 Å². The Balaban J connectivity index is 1.92. The highest BCUT2D eigenvalue weighted by Gasteiger charge is 2.10. The van der Waals surface area contributed by atoms with Gasteiger partial charge in [-0.05, 0) is 48.0 Å². The van der Waals surface area contributed by atoms with Crippen molar-refractivity contribution in [2.45, 2.75) is 6.61 Å². The average molecular weight is 426 g/mol. The number of ether oxygens (including phenoxy) is 1. The molecule has 5 heteroatoms. The van der Waals surface area contributed by atoms with E-state index in [9.17, 15) is 14.0 Å². The molecule has 27 heavy (non-hydrogen) atoms. The molecular formula is C22H14BrF2NO. The van der Waals surface area contributed by atoms with E-state index in [-0.39, 0.29) is 23.6 Å². The first-order chi connectivity index (χ1) is 13.1. The van der Waals surface area contributed by atoms with Gasteiger partial charge in [0.25, 0.3) is 0 Å². The van der Waals surface area contributed by atoms with Crippen molar-refractivity contribution in [1.82, 2.24) is 0 Å². The second-order valence-corrected chi connectivity index (χ2v) is 6.66. The minimum atomic E-state index is -0.464. The quantitative estimate of drug-likeness (QED) is 0.351. The van der Waals surface area contributed by atoms with Gasteiger partial charge < -0.3 is 4.74 Å². The number of rotatable bonds is 5. The Morgan fingerprint density at radius 3 is 2.48 bits per heavy atom. The van der Waals surface area contributed by atoms with Gasteiger partial charge in [-0.25, -0.2) is 8.78 Å². The second-order valence-electron chi connectivity index (χ2n) is 5.75. The van der Waals surface area contributed by atoms with Crippen LogP contribution in [0.5, 0.6) is 5.75 Å². The molecular weight excluding hydrogens is 412 g/mol. The topological polar surface area (TPSA) is 33.0 Å². The van der Waals surface area contributed by atoms with Gasteiger partial charge in [-0.1, -0.05) is 46.3 Å². The smallest absolute Gasteiger partial charge is 0.131 e. The third kappa shape index (κ3) is 4.81. The molecule has 3 rings (SSSR count). The van der Waals surface area contributed by atoms with Crippen LogP contribution in [0.15, 0.2) is 71.2 Å². The number of hydrogen-bond donors (Lipinski definition) is 0. The lowest BCUT2D eigenvalue weighted by atomic mass is 10.0. The Hall–Kier alpha value is -2.97. The van der Waals surface area contributed by atoms with E-state index >= 15 is 0 Å². The zero-order valence-corrected chi connectivity index (χ0v) is 15.7. The van der Waals surface area contributed by atoms with Crippen molar-refractivity contribution in [3.05, 3.63) is 99.5 Å². The first-order valence-electron chi connectivity index (χ1n) is 8.10. The van der Waals surface area contributed by atoms with E-state index in [0.29, 0.717) is 11.3 Å². The molecule has 0 bridgehead atoms. The van der Waals surface area contributed by atoms with Crippen LogP contribution in [0.1, 0.15) is 16.7 Å². The molecule has 0 amide bonds. The summed E-state index contributed by atoms with van der Waals surface area (Å²) in [6.07, 6.45) is 1.59. The van der Waals surface area contributed by atoms with Gasteiger partial charge in [0, 0.05) is 15.6 Å². The lowest BCUT2D eigenvalue weighted by Gasteiger charge is -2.11. The molecule has 0 aliphatic carbocycles. The van der Waals surface area contributed by atoms with Crippen LogP contribution < -0.4 is 4.74 Å². The van der Waals surface area contributed by atoms with Crippen LogP contribution in [0.4, 0.5) is 8.78 Å². The highest BCUT2D eigenvalue weighted by molar-refractivity contribution is 9.10. The summed E-state index contributed by atoms with van der Waals surface area (Å²) in [5, 5.41) is 9.49. The lowest BCUT2D eigenvalue weighted by molar-refractivity contribution is 0.305. The standard InChI is InChI=1S/C22H14BrF2NO/c23-18-7-10-22(27-14-15-5-8-19(24)9-6-15)16(12-18)11-17(13-26)20-3-1-2-4-21(20)25/h1-12H,14H2. The fourth-order valence-electron chi connectivity index (χ4n) is 2.51. The predicted octanol–water partition coefficient (Wildman–Crippen LogP) is 6.37. The molecule has 0 aliphatic rings. The maximum absolute atomic E-state index is 14.0. The average Bonchev–Trinajstić information content (AvgIpc) is 2.67. The van der Waals surface area contributed by atoms with Gasteiger partial charge >= 0.3 is 0 Å². The van der Waals surface area contributed by atoms with Crippen LogP contribution in [0.25, 0.3) is 11.6 Å². The molecule has 0 unspecified atom stereocenters. The van der Waals surface area contributed by atoms with E-state index in [1.165, 1.54) is 18.2 Å². The van der Waals surface area contributed by atoms with Crippen molar-refractivity contribution < 1.29 is 13.5 Å². The summed E-state index contributed by atoms with van der Waals surface area (Å²) in [5.41, 5.74) is 1.86. The number of benzene rings is 3. The lowest BCUT2D eigenvalue weighted by Crippen LogP contribution is -1.97. The van der Waals surface area contributed by atoms with Crippen LogP contribution in [-0.2, 0) is 6.61 Å². The Kier molecular flexibility index (Phi) is 6.00. The van der Waals surface area contributed by atoms with Crippen LogP contribution in [0.3, 0.4) is 0 Å². The van der Waals surface area contributed by atoms with Crippen LogP contribution in [-0.4, -0.2) is 0 Å². The molecule has 0 heterocycles. The Labute approximate surface area is 164 Å². The van der Waals surface area contributed by atoms with Gasteiger partial charge in [-0.2, -0.15) is 5.26 Å². The second kappa shape index (κ2) is 8.61. The molecule has 0 saturated carbocycles. The summed E-state index contributed by atoms with van der Waals surface area (Å²) >= 11 is 3.40. The van der Waals surface area contributed by atoms with E-state index in [1.807, 2.05) is 12.1 Å². The van der Waals surface area contributed by atoms with Gasteiger partial charge in [-0.3, -0.25) is 0 Å². The number of hydrogen-bond acceptors (Lipinski definition) is 2. The van der Waals surface area contributed by atoms with Crippen molar-refractivity contribution in [2.75, 3.05) is 0 Å². The van der Waals surface area contributed by atoms with Crippen molar-refractivity contribution in [3.63, 3.8) is 0 Å². The SMILES string of the molecule is N#CC(=Cc1cc(Br)ccc1OCc1ccc(F)cc1)c1ccccc1F. The van der Waals surface area contributed by atoms with Gasteiger partial charge in [0.1, 0.15) is 24.0 Å². The first-order valence-corrected chi connectivity index (χ1v) is 8.89. The number of allylic oxidation sites excluding steroid dienone is 1. The molecule has 0 N–H and O–H groups in total. The fourth-order valence-corrected chi connectivity index (χ4v) is 2.89. The summed E-state index contributed by atoms with van der Waals surface area (Å²) in [6.45, 7) is 0.240. The van der Waals surface area contributed by atoms with Crippen LogP contribution in [0.2, 0.25) is 0 Å².